The Labute approximate surface area is 174 Å². The number of carbonyl (C=O) groups excluding carboxylic acids is 1. The molecule has 30 heavy (non-hydrogen) atoms. The minimum absolute atomic E-state index is 0.0941. The first kappa shape index (κ1) is 22.1. The zero-order chi connectivity index (χ0) is 21.9. The third kappa shape index (κ3) is 5.13. The molecule has 0 saturated carbocycles. The van der Waals surface area contributed by atoms with Gasteiger partial charge in [0.05, 0.1) is 0 Å². The molecule has 1 unspecified atom stereocenters. The van der Waals surface area contributed by atoms with Gasteiger partial charge in [-0.3, -0.25) is 4.79 Å². The molecule has 1 aliphatic heterocycles. The summed E-state index contributed by atoms with van der Waals surface area (Å²) in [7, 11) is 0. The van der Waals surface area contributed by atoms with Gasteiger partial charge in [-0.25, -0.2) is 18.7 Å². The van der Waals surface area contributed by atoms with Gasteiger partial charge in [-0.1, -0.05) is 0 Å². The second-order valence-electron chi connectivity index (χ2n) is 7.98. The van der Waals surface area contributed by atoms with E-state index in [0.717, 1.165) is 19.3 Å². The van der Waals surface area contributed by atoms with E-state index in [-0.39, 0.29) is 23.4 Å². The van der Waals surface area contributed by atoms with Gasteiger partial charge in [0, 0.05) is 25.2 Å². The number of amides is 1. The van der Waals surface area contributed by atoms with Crippen LogP contribution in [-0.4, -0.2) is 51.5 Å². The van der Waals surface area contributed by atoms with E-state index in [2.05, 4.69) is 9.97 Å². The molecule has 1 N–H and O–H groups in total. The predicted octanol–water partition coefficient (Wildman–Crippen LogP) is 3.49. The molecule has 3 rings (SSSR count). The number of aliphatic hydroxyl groups is 1. The van der Waals surface area contributed by atoms with Gasteiger partial charge in [0.15, 0.2) is 12.5 Å². The SMILES string of the molecule is Cc1oc(CC2CCCCN2C(=O)c2cccnc2OCC(F)F)nc1C(C)(C)O. The second kappa shape index (κ2) is 9.07. The fourth-order valence-electron chi connectivity index (χ4n) is 3.75. The normalized spacial score (nSPS) is 17.4. The molecule has 1 aliphatic rings. The number of aromatic nitrogens is 2. The van der Waals surface area contributed by atoms with Crippen LogP contribution in [-0.2, 0) is 12.0 Å². The molecule has 1 atom stereocenters. The smallest absolute Gasteiger partial charge is 0.272 e. The molecule has 0 aromatic carbocycles. The number of aryl methyl sites for hydroxylation is 1. The first-order valence-corrected chi connectivity index (χ1v) is 10.0. The van der Waals surface area contributed by atoms with Gasteiger partial charge in [0.2, 0.25) is 5.88 Å². The summed E-state index contributed by atoms with van der Waals surface area (Å²) in [6.45, 7) is 4.74. The lowest BCUT2D eigenvalue weighted by atomic mass is 9.98. The first-order valence-electron chi connectivity index (χ1n) is 10.0. The number of halogens is 2. The molecule has 1 amide bonds. The summed E-state index contributed by atoms with van der Waals surface area (Å²) in [5.74, 6) is 0.585. The lowest BCUT2D eigenvalue weighted by Gasteiger charge is -2.35. The zero-order valence-corrected chi connectivity index (χ0v) is 17.4. The number of pyridine rings is 1. The quantitative estimate of drug-likeness (QED) is 0.734. The first-order chi connectivity index (χ1) is 14.2. The third-order valence-corrected chi connectivity index (χ3v) is 5.07. The average Bonchev–Trinajstić information content (AvgIpc) is 3.07. The van der Waals surface area contributed by atoms with Crippen molar-refractivity contribution in [1.29, 1.82) is 0 Å². The standard InChI is InChI=1S/C21H27F2N3O4/c1-13-18(21(2,3)28)25-17(30-13)11-14-7-4-5-10-26(14)20(27)15-8-6-9-24-19(15)29-12-16(22)23/h6,8-9,14,16,28H,4-5,7,10-12H2,1-3H3. The molecule has 0 spiro atoms. The lowest BCUT2D eigenvalue weighted by molar-refractivity contribution is 0.0579. The molecule has 164 valence electrons. The summed E-state index contributed by atoms with van der Waals surface area (Å²) < 4.78 is 35.9. The molecule has 0 radical (unpaired) electrons. The highest BCUT2D eigenvalue weighted by Gasteiger charge is 2.32. The van der Waals surface area contributed by atoms with Gasteiger partial charge in [-0.15, -0.1) is 0 Å². The third-order valence-electron chi connectivity index (χ3n) is 5.07. The van der Waals surface area contributed by atoms with E-state index >= 15 is 0 Å². The summed E-state index contributed by atoms with van der Waals surface area (Å²) in [5.41, 5.74) is -0.493. The molecule has 2 aromatic rings. The summed E-state index contributed by atoms with van der Waals surface area (Å²) >= 11 is 0. The van der Waals surface area contributed by atoms with Crippen LogP contribution in [0.3, 0.4) is 0 Å². The van der Waals surface area contributed by atoms with Crippen LogP contribution >= 0.6 is 0 Å². The van der Waals surface area contributed by atoms with E-state index in [0.29, 0.717) is 30.3 Å². The highest BCUT2D eigenvalue weighted by Crippen LogP contribution is 2.28. The number of rotatable bonds is 7. The fourth-order valence-corrected chi connectivity index (χ4v) is 3.75. The maximum Gasteiger partial charge on any atom is 0.272 e. The number of ether oxygens (including phenoxy) is 1. The Morgan fingerprint density at radius 2 is 2.20 bits per heavy atom. The van der Waals surface area contributed by atoms with Crippen LogP contribution in [0.5, 0.6) is 5.88 Å². The monoisotopic (exact) mass is 423 g/mol. The molecule has 3 heterocycles. The lowest BCUT2D eigenvalue weighted by Crippen LogP contribution is -2.45. The fraction of sp³-hybridized carbons (Fsp3) is 0.571. The van der Waals surface area contributed by atoms with Gasteiger partial charge in [0.1, 0.15) is 22.6 Å². The van der Waals surface area contributed by atoms with Crippen LogP contribution in [0.15, 0.2) is 22.7 Å². The minimum atomic E-state index is -2.66. The number of oxazole rings is 1. The summed E-state index contributed by atoms with van der Waals surface area (Å²) in [5, 5.41) is 10.2. The minimum Gasteiger partial charge on any atom is -0.471 e. The van der Waals surface area contributed by atoms with Crippen LogP contribution < -0.4 is 4.74 Å². The van der Waals surface area contributed by atoms with Crippen molar-refractivity contribution >= 4 is 5.91 Å². The molecule has 0 aliphatic carbocycles. The number of hydrogen-bond acceptors (Lipinski definition) is 6. The van der Waals surface area contributed by atoms with Crippen molar-refractivity contribution < 1.29 is 27.8 Å². The number of carbonyl (C=O) groups is 1. The molecule has 7 nitrogen and oxygen atoms in total. The van der Waals surface area contributed by atoms with Gasteiger partial charge >= 0.3 is 0 Å². The van der Waals surface area contributed by atoms with Crippen LogP contribution in [0, 0.1) is 6.92 Å². The van der Waals surface area contributed by atoms with Crippen LogP contribution in [0.25, 0.3) is 0 Å². The number of likely N-dealkylation sites (tertiary alicyclic amines) is 1. The van der Waals surface area contributed by atoms with Gasteiger partial charge in [0.25, 0.3) is 12.3 Å². The maximum absolute atomic E-state index is 13.2. The summed E-state index contributed by atoms with van der Waals surface area (Å²) in [4.78, 5) is 23.3. The summed E-state index contributed by atoms with van der Waals surface area (Å²) in [6, 6.07) is 2.94. The van der Waals surface area contributed by atoms with E-state index < -0.39 is 18.6 Å². The average molecular weight is 423 g/mol. The Balaban J connectivity index is 1.80. The van der Waals surface area contributed by atoms with E-state index in [1.165, 1.54) is 12.3 Å². The van der Waals surface area contributed by atoms with Crippen LogP contribution in [0.1, 0.15) is 60.8 Å². The topological polar surface area (TPSA) is 88.7 Å². The highest BCUT2D eigenvalue weighted by molar-refractivity contribution is 5.96. The second-order valence-corrected chi connectivity index (χ2v) is 7.98. The van der Waals surface area contributed by atoms with Crippen LogP contribution in [0.4, 0.5) is 8.78 Å². The molecular weight excluding hydrogens is 396 g/mol. The van der Waals surface area contributed by atoms with E-state index in [1.54, 1.807) is 31.7 Å². The van der Waals surface area contributed by atoms with Crippen molar-refractivity contribution in [3.8, 4) is 5.88 Å². The Morgan fingerprint density at radius 1 is 1.43 bits per heavy atom. The molecular formula is C21H27F2N3O4. The van der Waals surface area contributed by atoms with Crippen molar-refractivity contribution in [2.45, 2.75) is 64.5 Å². The van der Waals surface area contributed by atoms with Crippen LogP contribution in [0.2, 0.25) is 0 Å². The number of alkyl halides is 2. The van der Waals surface area contributed by atoms with Crippen molar-refractivity contribution in [1.82, 2.24) is 14.9 Å². The molecule has 1 saturated heterocycles. The van der Waals surface area contributed by atoms with E-state index in [4.69, 9.17) is 9.15 Å². The number of hydrogen-bond donors (Lipinski definition) is 1. The number of nitrogens with zero attached hydrogens (tertiary/aromatic N) is 3. The zero-order valence-electron chi connectivity index (χ0n) is 17.4. The largest absolute Gasteiger partial charge is 0.471 e. The Hall–Kier alpha value is -2.55. The molecule has 2 aromatic heterocycles. The maximum atomic E-state index is 13.2. The van der Waals surface area contributed by atoms with Crippen molar-refractivity contribution in [2.24, 2.45) is 0 Å². The number of piperidine rings is 1. The van der Waals surface area contributed by atoms with Gasteiger partial charge in [-0.2, -0.15) is 0 Å². The van der Waals surface area contributed by atoms with Gasteiger partial charge < -0.3 is 19.2 Å². The predicted molar refractivity (Wildman–Crippen MR) is 105 cm³/mol. The highest BCUT2D eigenvalue weighted by atomic mass is 19.3. The Morgan fingerprint density at radius 3 is 2.87 bits per heavy atom. The van der Waals surface area contributed by atoms with E-state index in [1.807, 2.05) is 0 Å². The molecule has 9 heteroatoms. The van der Waals surface area contributed by atoms with Crippen molar-refractivity contribution in [2.75, 3.05) is 13.2 Å². The van der Waals surface area contributed by atoms with Gasteiger partial charge in [-0.05, 0) is 52.2 Å². The molecule has 0 bridgehead atoms. The molecule has 1 fully saturated rings. The van der Waals surface area contributed by atoms with Crippen molar-refractivity contribution in [3.63, 3.8) is 0 Å². The Kier molecular flexibility index (Phi) is 6.70. The van der Waals surface area contributed by atoms with E-state index in [9.17, 15) is 18.7 Å². The van der Waals surface area contributed by atoms with Crippen molar-refractivity contribution in [3.05, 3.63) is 41.2 Å². The Bertz CT molecular complexity index is 879. The summed E-state index contributed by atoms with van der Waals surface area (Å²) in [6.07, 6.45) is 1.70.